The number of thioether (sulfide) groups is 1. The summed E-state index contributed by atoms with van der Waals surface area (Å²) in [5.41, 5.74) is 0.627. The minimum Gasteiger partial charge on any atom is -0.494 e. The van der Waals surface area contributed by atoms with Crippen LogP contribution in [0.15, 0.2) is 41.3 Å². The Bertz CT molecular complexity index is 740. The number of halogens is 3. The van der Waals surface area contributed by atoms with Gasteiger partial charge in [0, 0.05) is 18.5 Å². The summed E-state index contributed by atoms with van der Waals surface area (Å²) in [4.78, 5) is 14.0. The number of benzene rings is 2. The van der Waals surface area contributed by atoms with Gasteiger partial charge < -0.3 is 9.64 Å². The van der Waals surface area contributed by atoms with Crippen molar-refractivity contribution in [2.24, 2.45) is 0 Å². The average molecular weight is 355 g/mol. The number of rotatable bonds is 6. The van der Waals surface area contributed by atoms with E-state index in [1.807, 2.05) is 0 Å². The second-order valence-corrected chi connectivity index (χ2v) is 6.13. The quantitative estimate of drug-likeness (QED) is 0.737. The zero-order chi connectivity index (χ0) is 17.7. The normalized spacial score (nSPS) is 10.5. The summed E-state index contributed by atoms with van der Waals surface area (Å²) in [6.45, 7) is 0.234. The fourth-order valence-electron chi connectivity index (χ4n) is 1.99. The molecule has 0 aromatic heterocycles. The molecule has 0 radical (unpaired) electrons. The third-order valence-corrected chi connectivity index (χ3v) is 4.29. The molecule has 0 bridgehead atoms. The standard InChI is InChI=1S/C17H16F3NO2S/c1-21(9-11-3-6-16(23-2)15(20)7-11)17(22)10-24-12-4-5-13(18)14(19)8-12/h3-8H,9-10H2,1-2H3. The first kappa shape index (κ1) is 18.2. The van der Waals surface area contributed by atoms with Crippen LogP contribution in [0.25, 0.3) is 0 Å². The number of methoxy groups -OCH3 is 1. The summed E-state index contributed by atoms with van der Waals surface area (Å²) in [5, 5.41) is 0. The first-order chi connectivity index (χ1) is 11.4. The fourth-order valence-corrected chi connectivity index (χ4v) is 2.85. The molecule has 2 aromatic carbocycles. The Kier molecular flexibility index (Phi) is 6.14. The molecule has 24 heavy (non-hydrogen) atoms. The number of amides is 1. The zero-order valence-electron chi connectivity index (χ0n) is 13.2. The zero-order valence-corrected chi connectivity index (χ0v) is 14.0. The van der Waals surface area contributed by atoms with Crippen LogP contribution in [-0.2, 0) is 11.3 Å². The second kappa shape index (κ2) is 8.10. The van der Waals surface area contributed by atoms with E-state index in [1.165, 1.54) is 30.2 Å². The maximum absolute atomic E-state index is 13.6. The molecule has 0 spiro atoms. The van der Waals surface area contributed by atoms with Crippen LogP contribution in [0.4, 0.5) is 13.2 Å². The molecule has 0 atom stereocenters. The van der Waals surface area contributed by atoms with Gasteiger partial charge in [0.05, 0.1) is 12.9 Å². The molecule has 0 unspecified atom stereocenters. The molecule has 2 aromatic rings. The van der Waals surface area contributed by atoms with Gasteiger partial charge in [-0.25, -0.2) is 13.2 Å². The Morgan fingerprint density at radius 3 is 2.46 bits per heavy atom. The molecular weight excluding hydrogens is 339 g/mol. The van der Waals surface area contributed by atoms with Crippen LogP contribution >= 0.6 is 11.8 Å². The molecule has 2 rings (SSSR count). The van der Waals surface area contributed by atoms with Crippen LogP contribution in [0, 0.1) is 17.5 Å². The fraction of sp³-hybridized carbons (Fsp3) is 0.235. The molecule has 7 heteroatoms. The van der Waals surface area contributed by atoms with Crippen molar-refractivity contribution >= 4 is 17.7 Å². The minimum absolute atomic E-state index is 0.0697. The summed E-state index contributed by atoms with van der Waals surface area (Å²) in [5.74, 6) is -2.37. The van der Waals surface area contributed by atoms with Crippen LogP contribution in [0.3, 0.4) is 0 Å². The van der Waals surface area contributed by atoms with E-state index in [0.29, 0.717) is 10.5 Å². The van der Waals surface area contributed by atoms with Gasteiger partial charge in [0.1, 0.15) is 0 Å². The van der Waals surface area contributed by atoms with Gasteiger partial charge in [-0.15, -0.1) is 11.8 Å². The topological polar surface area (TPSA) is 29.5 Å². The molecule has 0 N–H and O–H groups in total. The minimum atomic E-state index is -0.950. The Hall–Kier alpha value is -2.15. The van der Waals surface area contributed by atoms with Crippen LogP contribution in [0.1, 0.15) is 5.56 Å². The Morgan fingerprint density at radius 1 is 1.08 bits per heavy atom. The van der Waals surface area contributed by atoms with Crippen molar-refractivity contribution in [1.29, 1.82) is 0 Å². The molecule has 128 valence electrons. The van der Waals surface area contributed by atoms with E-state index < -0.39 is 17.5 Å². The van der Waals surface area contributed by atoms with E-state index in [9.17, 15) is 18.0 Å². The third-order valence-electron chi connectivity index (χ3n) is 3.32. The van der Waals surface area contributed by atoms with Crippen molar-refractivity contribution in [3.05, 3.63) is 59.4 Å². The highest BCUT2D eigenvalue weighted by atomic mass is 32.2. The number of nitrogens with zero attached hydrogens (tertiary/aromatic N) is 1. The summed E-state index contributed by atoms with van der Waals surface area (Å²) in [6.07, 6.45) is 0. The SMILES string of the molecule is COc1ccc(CN(C)C(=O)CSc2ccc(F)c(F)c2)cc1F. The molecule has 0 aliphatic carbocycles. The Balaban J connectivity index is 1.92. The van der Waals surface area contributed by atoms with Gasteiger partial charge in [-0.05, 0) is 35.9 Å². The molecule has 0 saturated heterocycles. The van der Waals surface area contributed by atoms with Gasteiger partial charge in [-0.3, -0.25) is 4.79 Å². The smallest absolute Gasteiger partial charge is 0.232 e. The Morgan fingerprint density at radius 2 is 1.83 bits per heavy atom. The van der Waals surface area contributed by atoms with Gasteiger partial charge in [0.25, 0.3) is 0 Å². The third kappa shape index (κ3) is 4.67. The van der Waals surface area contributed by atoms with Crippen molar-refractivity contribution in [3.63, 3.8) is 0 Å². The maximum Gasteiger partial charge on any atom is 0.232 e. The van der Waals surface area contributed by atoms with Crippen molar-refractivity contribution in [3.8, 4) is 5.75 Å². The van der Waals surface area contributed by atoms with Crippen molar-refractivity contribution < 1.29 is 22.7 Å². The first-order valence-corrected chi connectivity index (χ1v) is 8.03. The van der Waals surface area contributed by atoms with Crippen LogP contribution in [0.5, 0.6) is 5.75 Å². The number of ether oxygens (including phenoxy) is 1. The Labute approximate surface area is 142 Å². The van der Waals surface area contributed by atoms with E-state index in [0.717, 1.165) is 23.9 Å². The summed E-state index contributed by atoms with van der Waals surface area (Å²) < 4.78 is 44.5. The maximum atomic E-state index is 13.6. The van der Waals surface area contributed by atoms with Gasteiger partial charge in [-0.2, -0.15) is 0 Å². The van der Waals surface area contributed by atoms with E-state index in [-0.39, 0.29) is 24.0 Å². The van der Waals surface area contributed by atoms with Crippen molar-refractivity contribution in [1.82, 2.24) is 4.90 Å². The highest BCUT2D eigenvalue weighted by Gasteiger charge is 2.12. The van der Waals surface area contributed by atoms with Gasteiger partial charge >= 0.3 is 0 Å². The van der Waals surface area contributed by atoms with E-state index in [4.69, 9.17) is 4.74 Å². The predicted octanol–water partition coefficient (Wildman–Crippen LogP) is 3.86. The first-order valence-electron chi connectivity index (χ1n) is 7.05. The molecular formula is C17H16F3NO2S. The van der Waals surface area contributed by atoms with Gasteiger partial charge in [0.2, 0.25) is 5.91 Å². The van der Waals surface area contributed by atoms with Crippen LogP contribution < -0.4 is 4.74 Å². The highest BCUT2D eigenvalue weighted by Crippen LogP contribution is 2.22. The van der Waals surface area contributed by atoms with Crippen molar-refractivity contribution in [2.75, 3.05) is 19.9 Å². The molecule has 0 fully saturated rings. The number of hydrogen-bond donors (Lipinski definition) is 0. The lowest BCUT2D eigenvalue weighted by Crippen LogP contribution is -2.27. The number of carbonyl (C=O) groups is 1. The monoisotopic (exact) mass is 355 g/mol. The summed E-state index contributed by atoms with van der Waals surface area (Å²) in [6, 6.07) is 7.96. The van der Waals surface area contributed by atoms with E-state index in [2.05, 4.69) is 0 Å². The van der Waals surface area contributed by atoms with Crippen LogP contribution in [0.2, 0.25) is 0 Å². The molecule has 0 saturated carbocycles. The predicted molar refractivity (Wildman–Crippen MR) is 86.5 cm³/mol. The van der Waals surface area contributed by atoms with E-state index >= 15 is 0 Å². The van der Waals surface area contributed by atoms with E-state index in [1.54, 1.807) is 13.1 Å². The summed E-state index contributed by atoms with van der Waals surface area (Å²) >= 11 is 1.11. The second-order valence-electron chi connectivity index (χ2n) is 5.08. The largest absolute Gasteiger partial charge is 0.494 e. The lowest BCUT2D eigenvalue weighted by Gasteiger charge is -2.17. The highest BCUT2D eigenvalue weighted by molar-refractivity contribution is 8.00. The van der Waals surface area contributed by atoms with Gasteiger partial charge in [0.15, 0.2) is 23.2 Å². The molecule has 1 amide bonds. The molecule has 3 nitrogen and oxygen atoms in total. The lowest BCUT2D eigenvalue weighted by molar-refractivity contribution is -0.127. The number of carbonyl (C=O) groups excluding carboxylic acids is 1. The molecule has 0 aliphatic heterocycles. The van der Waals surface area contributed by atoms with Crippen molar-refractivity contribution in [2.45, 2.75) is 11.4 Å². The van der Waals surface area contributed by atoms with Crippen LogP contribution in [-0.4, -0.2) is 30.7 Å². The summed E-state index contributed by atoms with van der Waals surface area (Å²) in [7, 11) is 2.97. The molecule has 0 heterocycles. The molecule has 0 aliphatic rings. The van der Waals surface area contributed by atoms with Gasteiger partial charge in [-0.1, -0.05) is 6.07 Å². The number of hydrogen-bond acceptors (Lipinski definition) is 3. The lowest BCUT2D eigenvalue weighted by atomic mass is 10.2. The average Bonchev–Trinajstić information content (AvgIpc) is 2.55.